The highest BCUT2D eigenvalue weighted by Crippen LogP contribution is 2.43. The molecule has 1 aromatic heterocycles. The van der Waals surface area contributed by atoms with Crippen LogP contribution in [0.25, 0.3) is 17.0 Å². The molecule has 2 N–H and O–H groups in total. The fourth-order valence-corrected chi connectivity index (χ4v) is 4.65. The van der Waals surface area contributed by atoms with Gasteiger partial charge in [0.2, 0.25) is 0 Å². The second-order valence-electron chi connectivity index (χ2n) is 7.88. The van der Waals surface area contributed by atoms with Crippen LogP contribution < -0.4 is 5.48 Å². The predicted octanol–water partition coefficient (Wildman–Crippen LogP) is 7.85. The van der Waals surface area contributed by atoms with E-state index < -0.39 is 0 Å². The second kappa shape index (κ2) is 14.9. The zero-order valence-corrected chi connectivity index (χ0v) is 20.9. The largest absolute Gasteiger partial charge is 0.304 e. The third-order valence-corrected chi connectivity index (χ3v) is 6.20. The molecule has 172 valence electrons. The number of allylic oxidation sites excluding steroid dienone is 1. The summed E-state index contributed by atoms with van der Waals surface area (Å²) in [6.45, 7) is 12.3. The maximum absolute atomic E-state index is 9.76. The van der Waals surface area contributed by atoms with Gasteiger partial charge in [-0.1, -0.05) is 77.8 Å². The highest BCUT2D eigenvalue weighted by atomic mass is 32.1. The average molecular weight is 445 g/mol. The Hall–Kier alpha value is -1.98. The molecule has 1 aromatic carbocycles. The average Bonchev–Trinajstić information content (AvgIpc) is 3.52. The summed E-state index contributed by atoms with van der Waals surface area (Å²) in [5.74, 6) is 1.22. The summed E-state index contributed by atoms with van der Waals surface area (Å²) >= 11 is 1.76. The lowest BCUT2D eigenvalue weighted by Crippen LogP contribution is -2.05. The summed E-state index contributed by atoms with van der Waals surface area (Å²) in [6, 6.07) is 10.4. The van der Waals surface area contributed by atoms with E-state index in [9.17, 15) is 5.21 Å². The van der Waals surface area contributed by atoms with Crippen molar-refractivity contribution in [2.75, 3.05) is 0 Å². The molecule has 2 aromatic rings. The van der Waals surface area contributed by atoms with Crippen LogP contribution in [0.3, 0.4) is 0 Å². The van der Waals surface area contributed by atoms with Gasteiger partial charge in [-0.3, -0.25) is 10.7 Å². The molecule has 1 atom stereocenters. The molecule has 4 nitrogen and oxygen atoms in total. The third kappa shape index (κ3) is 8.58. The van der Waals surface area contributed by atoms with Crippen LogP contribution in [0.5, 0.6) is 0 Å². The van der Waals surface area contributed by atoms with Gasteiger partial charge in [0.15, 0.2) is 0 Å². The molecule has 0 radical (unpaired) electrons. The molecule has 0 aliphatic heterocycles. The number of benzene rings is 1. The molecule has 0 saturated heterocycles. The lowest BCUT2D eigenvalue weighted by atomic mass is 9.94. The van der Waals surface area contributed by atoms with Crippen molar-refractivity contribution >= 4 is 23.3 Å². The fraction of sp³-hybridized carbons (Fsp3) is 0.538. The maximum atomic E-state index is 9.76. The second-order valence-corrected chi connectivity index (χ2v) is 8.91. The van der Waals surface area contributed by atoms with Gasteiger partial charge >= 0.3 is 0 Å². The fourth-order valence-electron chi connectivity index (χ4n) is 3.35. The van der Waals surface area contributed by atoms with Crippen LogP contribution in [0, 0.1) is 5.92 Å². The molecule has 0 bridgehead atoms. The summed E-state index contributed by atoms with van der Waals surface area (Å²) in [6.07, 6.45) is 7.64. The molecule has 1 aliphatic carbocycles. The molecule has 1 saturated carbocycles. The van der Waals surface area contributed by atoms with E-state index in [-0.39, 0.29) is 0 Å². The van der Waals surface area contributed by atoms with E-state index in [2.05, 4.69) is 50.5 Å². The zero-order valence-electron chi connectivity index (χ0n) is 20.1. The van der Waals surface area contributed by atoms with Crippen molar-refractivity contribution in [1.29, 1.82) is 0 Å². The van der Waals surface area contributed by atoms with Gasteiger partial charge in [0.05, 0.1) is 21.3 Å². The van der Waals surface area contributed by atoms with Gasteiger partial charge in [-0.25, -0.2) is 4.98 Å². The Morgan fingerprint density at radius 2 is 1.77 bits per heavy atom. The molecule has 5 heteroatoms. The molecule has 0 spiro atoms. The number of carbonyl (C=O) groups is 1. The van der Waals surface area contributed by atoms with Crippen molar-refractivity contribution in [2.45, 2.75) is 86.0 Å². The first-order chi connectivity index (χ1) is 15.0. The molecule has 1 unspecified atom stereocenters. The number of hydroxylamine groups is 1. The van der Waals surface area contributed by atoms with Crippen molar-refractivity contribution in [3.63, 3.8) is 0 Å². The number of nitrogens with one attached hydrogen (secondary N) is 1. The Bertz CT molecular complexity index is 791. The summed E-state index contributed by atoms with van der Waals surface area (Å²) in [5.41, 5.74) is 6.79. The Morgan fingerprint density at radius 1 is 1.16 bits per heavy atom. The number of carbonyl (C=O) groups excluding carboxylic acids is 1. The smallest absolute Gasteiger partial charge is 0.116 e. The molecular formula is C26H40N2O2S. The normalized spacial score (nSPS) is 12.8. The first-order valence-electron chi connectivity index (χ1n) is 11.6. The van der Waals surface area contributed by atoms with E-state index in [1.807, 2.05) is 19.9 Å². The van der Waals surface area contributed by atoms with E-state index in [4.69, 9.17) is 9.78 Å². The van der Waals surface area contributed by atoms with E-state index >= 15 is 0 Å². The van der Waals surface area contributed by atoms with Crippen LogP contribution in [0.4, 0.5) is 0 Å². The Kier molecular flexibility index (Phi) is 13.0. The highest BCUT2D eigenvalue weighted by molar-refractivity contribution is 7.13. The Labute approximate surface area is 192 Å². The van der Waals surface area contributed by atoms with Gasteiger partial charge in [-0.2, -0.15) is 0 Å². The van der Waals surface area contributed by atoms with E-state index in [1.54, 1.807) is 11.3 Å². The minimum Gasteiger partial charge on any atom is -0.304 e. The van der Waals surface area contributed by atoms with Crippen LogP contribution in [-0.4, -0.2) is 16.5 Å². The van der Waals surface area contributed by atoms with Gasteiger partial charge in [-0.05, 0) is 44.1 Å². The SMILES string of the molecule is CC.CC=O.CCCC(CCC(C)C)c1nc(-c2ccccc2)c(C(NO)=C2CC2)s1. The van der Waals surface area contributed by atoms with Crippen LogP contribution in [-0.2, 0) is 4.79 Å². The molecule has 3 rings (SSSR count). The lowest BCUT2D eigenvalue weighted by molar-refractivity contribution is -0.106. The number of hydrogen-bond donors (Lipinski definition) is 2. The molecule has 1 heterocycles. The first-order valence-corrected chi connectivity index (χ1v) is 12.5. The topological polar surface area (TPSA) is 62.2 Å². The molecule has 1 aliphatic rings. The van der Waals surface area contributed by atoms with Crippen molar-refractivity contribution in [2.24, 2.45) is 5.92 Å². The van der Waals surface area contributed by atoms with Crippen molar-refractivity contribution in [1.82, 2.24) is 10.5 Å². The predicted molar refractivity (Wildman–Crippen MR) is 133 cm³/mol. The van der Waals surface area contributed by atoms with E-state index in [0.29, 0.717) is 11.8 Å². The number of hydrogen-bond acceptors (Lipinski definition) is 5. The quantitative estimate of drug-likeness (QED) is 0.305. The van der Waals surface area contributed by atoms with Gasteiger partial charge in [0, 0.05) is 11.5 Å². The standard InChI is InChI=1S/C22H30N2OS.C2H4O.C2H6/c1-4-8-18(12-11-15(2)3)22-23-19(16-9-6-5-7-10-16)21(26-22)20(24-25)17-13-14-17;1-2-3;1-2/h5-7,9-10,15,18,24-25H,4,8,11-14H2,1-3H3;2H,1H3;1-2H3. The summed E-state index contributed by atoms with van der Waals surface area (Å²) in [5, 5.41) is 11.0. The highest BCUT2D eigenvalue weighted by Gasteiger charge is 2.26. The van der Waals surface area contributed by atoms with Crippen molar-refractivity contribution in [3.05, 3.63) is 45.8 Å². The van der Waals surface area contributed by atoms with Crippen LogP contribution in [0.1, 0.15) is 95.9 Å². The van der Waals surface area contributed by atoms with Crippen LogP contribution >= 0.6 is 11.3 Å². The first kappa shape index (κ1) is 27.1. The number of aldehydes is 1. The number of rotatable bonds is 9. The molecule has 31 heavy (non-hydrogen) atoms. The van der Waals surface area contributed by atoms with Crippen LogP contribution in [0.15, 0.2) is 35.9 Å². The van der Waals surface area contributed by atoms with E-state index in [0.717, 1.165) is 41.0 Å². The zero-order chi connectivity index (χ0) is 23.2. The Balaban J connectivity index is 0.000000884. The minimum absolute atomic E-state index is 0.507. The van der Waals surface area contributed by atoms with Gasteiger partial charge in [-0.15, -0.1) is 11.3 Å². The van der Waals surface area contributed by atoms with Crippen LogP contribution in [0.2, 0.25) is 0 Å². The number of aromatic nitrogens is 1. The maximum Gasteiger partial charge on any atom is 0.116 e. The van der Waals surface area contributed by atoms with E-state index in [1.165, 1.54) is 43.2 Å². The summed E-state index contributed by atoms with van der Waals surface area (Å²) < 4.78 is 0. The van der Waals surface area contributed by atoms with Gasteiger partial charge in [0.25, 0.3) is 0 Å². The van der Waals surface area contributed by atoms with Crippen molar-refractivity contribution in [3.8, 4) is 11.3 Å². The minimum atomic E-state index is 0.507. The molecule has 0 amide bonds. The third-order valence-electron chi connectivity index (χ3n) is 4.96. The van der Waals surface area contributed by atoms with Crippen molar-refractivity contribution < 1.29 is 10.0 Å². The Morgan fingerprint density at radius 3 is 2.26 bits per heavy atom. The summed E-state index contributed by atoms with van der Waals surface area (Å²) in [7, 11) is 0. The number of thiazole rings is 1. The lowest BCUT2D eigenvalue weighted by Gasteiger charge is -2.14. The molecular weight excluding hydrogens is 404 g/mol. The van der Waals surface area contributed by atoms with Gasteiger partial charge < -0.3 is 4.79 Å². The number of nitrogens with zero attached hydrogens (tertiary/aromatic N) is 1. The molecule has 1 fully saturated rings. The summed E-state index contributed by atoms with van der Waals surface area (Å²) in [4.78, 5) is 15.0. The monoisotopic (exact) mass is 444 g/mol. The van der Waals surface area contributed by atoms with Gasteiger partial charge in [0.1, 0.15) is 6.29 Å².